The van der Waals surface area contributed by atoms with Crippen molar-refractivity contribution in [3.05, 3.63) is 4.91 Å². The molecule has 35 heavy (non-hydrogen) atoms. The highest BCUT2D eigenvalue weighted by Crippen LogP contribution is 2.31. The van der Waals surface area contributed by atoms with E-state index in [1.807, 2.05) is 0 Å². The van der Waals surface area contributed by atoms with E-state index in [2.05, 4.69) is 5.29 Å². The van der Waals surface area contributed by atoms with Gasteiger partial charge in [0, 0.05) is 12.4 Å². The third-order valence-corrected chi connectivity index (χ3v) is 5.88. The van der Waals surface area contributed by atoms with Crippen LogP contribution in [-0.2, 0) is 14.2 Å². The summed E-state index contributed by atoms with van der Waals surface area (Å²) in [6.45, 7) is 1.75. The number of carbonyl (C=O) groups is 1. The van der Waals surface area contributed by atoms with Crippen LogP contribution in [0.2, 0.25) is 0 Å². The monoisotopic (exact) mass is 531 g/mol. The SMILES string of the molecule is CC(C)CN(C(=O)N(CCCl)N=O)C1O[C@H](CO)[C@@H](O[C@H]2O[C@H](CO)[C@@H](O)[C@H](O)[C@H]2O)[C@H](O)[C@H]1O. The van der Waals surface area contributed by atoms with Crippen LogP contribution in [0.5, 0.6) is 0 Å². The van der Waals surface area contributed by atoms with Gasteiger partial charge in [-0.05, 0) is 5.92 Å². The molecule has 0 aromatic carbocycles. The van der Waals surface area contributed by atoms with E-state index < -0.39 is 80.6 Å². The first-order chi connectivity index (χ1) is 16.5. The van der Waals surface area contributed by atoms with Crippen LogP contribution >= 0.6 is 11.6 Å². The summed E-state index contributed by atoms with van der Waals surface area (Å²) in [6, 6.07) is -0.949. The molecule has 0 aromatic heterocycles. The molecule has 15 nitrogen and oxygen atoms in total. The predicted octanol–water partition coefficient (Wildman–Crippen LogP) is -3.09. The second kappa shape index (κ2) is 13.3. The number of halogens is 1. The van der Waals surface area contributed by atoms with Gasteiger partial charge in [-0.3, -0.25) is 4.90 Å². The molecule has 0 aliphatic carbocycles. The molecule has 7 N–H and O–H groups in total. The lowest BCUT2D eigenvalue weighted by molar-refractivity contribution is -0.347. The van der Waals surface area contributed by atoms with Crippen LogP contribution in [0, 0.1) is 10.8 Å². The molecule has 2 aliphatic heterocycles. The lowest BCUT2D eigenvalue weighted by Gasteiger charge is -2.48. The van der Waals surface area contributed by atoms with Crippen molar-refractivity contribution in [2.45, 2.75) is 75.2 Å². The quantitative estimate of drug-likeness (QED) is 0.0846. The molecule has 2 amide bonds. The summed E-state index contributed by atoms with van der Waals surface area (Å²) in [7, 11) is 0. The molecule has 0 spiro atoms. The second-order valence-electron chi connectivity index (χ2n) is 8.75. The van der Waals surface area contributed by atoms with Crippen LogP contribution in [0.1, 0.15) is 13.8 Å². The fourth-order valence-electron chi connectivity index (χ4n) is 3.91. The van der Waals surface area contributed by atoms with Crippen molar-refractivity contribution in [3.8, 4) is 0 Å². The molecule has 2 heterocycles. The van der Waals surface area contributed by atoms with Gasteiger partial charge in [0.25, 0.3) is 0 Å². The van der Waals surface area contributed by atoms with Gasteiger partial charge in [0.2, 0.25) is 0 Å². The van der Waals surface area contributed by atoms with Gasteiger partial charge in [0.05, 0.1) is 25.0 Å². The highest BCUT2D eigenvalue weighted by Gasteiger charge is 2.52. The Hall–Kier alpha value is -1.24. The molecule has 2 fully saturated rings. The smallest absolute Gasteiger partial charge is 0.345 e. The fraction of sp³-hybridized carbons (Fsp3) is 0.947. The number of aliphatic hydroxyl groups excluding tert-OH is 7. The first kappa shape index (κ1) is 30.0. The number of carbonyl (C=O) groups excluding carboxylic acids is 1. The van der Waals surface area contributed by atoms with E-state index in [4.69, 9.17) is 25.8 Å². The number of urea groups is 1. The standard InChI is InChI=1S/C19H34ClN3O12/c1-8(2)5-22(19(31)23(21-32)4-3-20)17-14(29)13(28)16(10(7-25)33-17)35-18-15(30)12(27)11(26)9(6-24)34-18/h8-18,24-30H,3-7H2,1-2H3/t9-,10-,11-,12+,13-,14-,15-,16-,17?,18-/m1/s1. The predicted molar refractivity (Wildman–Crippen MR) is 117 cm³/mol. The van der Waals surface area contributed by atoms with E-state index in [9.17, 15) is 45.4 Å². The van der Waals surface area contributed by atoms with Gasteiger partial charge in [-0.1, -0.05) is 13.8 Å². The van der Waals surface area contributed by atoms with Gasteiger partial charge in [0.1, 0.15) is 48.8 Å². The minimum atomic E-state index is -1.82. The number of rotatable bonds is 10. The van der Waals surface area contributed by atoms with Gasteiger partial charge in [-0.25, -0.2) is 4.79 Å². The molecular weight excluding hydrogens is 498 g/mol. The summed E-state index contributed by atoms with van der Waals surface area (Å²) in [6.07, 6.45) is -16.3. The van der Waals surface area contributed by atoms with Gasteiger partial charge >= 0.3 is 6.03 Å². The second-order valence-corrected chi connectivity index (χ2v) is 9.13. The van der Waals surface area contributed by atoms with Crippen LogP contribution in [0.4, 0.5) is 4.79 Å². The van der Waals surface area contributed by atoms with Crippen molar-refractivity contribution in [2.75, 3.05) is 32.2 Å². The molecule has 0 aromatic rings. The van der Waals surface area contributed by atoms with Gasteiger partial charge < -0.3 is 50.0 Å². The third kappa shape index (κ3) is 6.75. The van der Waals surface area contributed by atoms with Gasteiger partial charge in [0.15, 0.2) is 12.5 Å². The molecule has 2 rings (SSSR count). The number of nitroso groups, excluding NO2 is 1. The first-order valence-corrected chi connectivity index (χ1v) is 11.6. The van der Waals surface area contributed by atoms with Crippen LogP contribution < -0.4 is 0 Å². The first-order valence-electron chi connectivity index (χ1n) is 11.1. The van der Waals surface area contributed by atoms with Crippen LogP contribution in [0.3, 0.4) is 0 Å². The van der Waals surface area contributed by atoms with E-state index >= 15 is 0 Å². The van der Waals surface area contributed by atoms with Crippen LogP contribution in [0.25, 0.3) is 0 Å². The molecular formula is C19H34ClN3O12. The summed E-state index contributed by atoms with van der Waals surface area (Å²) >= 11 is 5.61. The van der Waals surface area contributed by atoms with Gasteiger partial charge in [-0.15, -0.1) is 16.5 Å². The Kier molecular flexibility index (Phi) is 11.4. The minimum absolute atomic E-state index is 0.0298. The number of amides is 2. The average molecular weight is 532 g/mol. The Morgan fingerprint density at radius 1 is 0.971 bits per heavy atom. The van der Waals surface area contributed by atoms with Crippen molar-refractivity contribution < 1.29 is 54.8 Å². The lowest BCUT2D eigenvalue weighted by atomic mass is 9.96. The maximum absolute atomic E-state index is 12.9. The Morgan fingerprint density at radius 3 is 2.11 bits per heavy atom. The Labute approximate surface area is 206 Å². The van der Waals surface area contributed by atoms with E-state index in [0.29, 0.717) is 5.01 Å². The van der Waals surface area contributed by atoms with Crippen LogP contribution in [0.15, 0.2) is 5.29 Å². The molecule has 2 aliphatic rings. The molecule has 16 heteroatoms. The fourth-order valence-corrected chi connectivity index (χ4v) is 4.07. The molecule has 10 atom stereocenters. The van der Waals surface area contributed by atoms with E-state index in [1.54, 1.807) is 13.8 Å². The van der Waals surface area contributed by atoms with Crippen molar-refractivity contribution in [2.24, 2.45) is 11.2 Å². The number of hydrogen-bond donors (Lipinski definition) is 7. The van der Waals surface area contributed by atoms with Crippen molar-refractivity contribution >= 4 is 17.6 Å². The lowest BCUT2D eigenvalue weighted by Crippen LogP contribution is -2.67. The summed E-state index contributed by atoms with van der Waals surface area (Å²) in [5.41, 5.74) is 0. The Bertz CT molecular complexity index is 689. The van der Waals surface area contributed by atoms with Crippen molar-refractivity contribution in [1.29, 1.82) is 0 Å². The Balaban J connectivity index is 2.27. The minimum Gasteiger partial charge on any atom is -0.394 e. The largest absolute Gasteiger partial charge is 0.394 e. The van der Waals surface area contributed by atoms with Gasteiger partial charge in [-0.2, -0.15) is 5.01 Å². The summed E-state index contributed by atoms with van der Waals surface area (Å²) < 4.78 is 16.4. The number of alkyl halides is 1. The molecule has 0 bridgehead atoms. The highest BCUT2D eigenvalue weighted by atomic mass is 35.5. The molecule has 0 saturated carbocycles. The zero-order valence-electron chi connectivity index (χ0n) is 19.3. The Morgan fingerprint density at radius 2 is 1.60 bits per heavy atom. The normalized spacial score (nSPS) is 37.8. The molecule has 0 radical (unpaired) electrons. The highest BCUT2D eigenvalue weighted by molar-refractivity contribution is 6.18. The molecule has 2 saturated heterocycles. The van der Waals surface area contributed by atoms with Crippen molar-refractivity contribution in [1.82, 2.24) is 9.91 Å². The van der Waals surface area contributed by atoms with E-state index in [1.165, 1.54) is 0 Å². The average Bonchev–Trinajstić information content (AvgIpc) is 2.83. The molecule has 1 unspecified atom stereocenters. The zero-order valence-corrected chi connectivity index (χ0v) is 20.0. The summed E-state index contributed by atoms with van der Waals surface area (Å²) in [5.74, 6) is -0.273. The number of ether oxygens (including phenoxy) is 3. The summed E-state index contributed by atoms with van der Waals surface area (Å²) in [5, 5.41) is 74.1. The number of nitrogens with zero attached hydrogens (tertiary/aromatic N) is 3. The van der Waals surface area contributed by atoms with Crippen LogP contribution in [-0.4, -0.2) is 145 Å². The zero-order chi connectivity index (χ0) is 26.4. The summed E-state index contributed by atoms with van der Waals surface area (Å²) in [4.78, 5) is 25.0. The number of aliphatic hydroxyl groups is 7. The third-order valence-electron chi connectivity index (χ3n) is 5.71. The van der Waals surface area contributed by atoms with E-state index in [0.717, 1.165) is 4.90 Å². The number of hydrogen-bond acceptors (Lipinski definition) is 13. The van der Waals surface area contributed by atoms with E-state index in [-0.39, 0.29) is 24.9 Å². The molecule has 204 valence electrons. The topological polar surface area (TPSA) is 222 Å². The maximum Gasteiger partial charge on any atom is 0.345 e. The maximum atomic E-state index is 12.9. The van der Waals surface area contributed by atoms with Crippen molar-refractivity contribution in [3.63, 3.8) is 0 Å².